The number of hydrogen-bond acceptors (Lipinski definition) is 4. The Morgan fingerprint density at radius 2 is 1.63 bits per heavy atom. The van der Waals surface area contributed by atoms with Crippen molar-refractivity contribution in [3.8, 4) is 5.75 Å². The summed E-state index contributed by atoms with van der Waals surface area (Å²) in [6, 6.07) is 18.9. The van der Waals surface area contributed by atoms with Crippen LogP contribution in [0.2, 0.25) is 0 Å². The Morgan fingerprint density at radius 3 is 2.33 bits per heavy atom. The minimum atomic E-state index is -3.96. The predicted octanol–water partition coefficient (Wildman–Crippen LogP) is 3.75. The Hall–Kier alpha value is -3.32. The van der Waals surface area contributed by atoms with Crippen molar-refractivity contribution >= 4 is 27.3 Å². The molecule has 0 saturated carbocycles. The van der Waals surface area contributed by atoms with Crippen LogP contribution >= 0.6 is 0 Å². The summed E-state index contributed by atoms with van der Waals surface area (Å²) in [5, 5.41) is 12.3. The van der Waals surface area contributed by atoms with Crippen LogP contribution in [0.4, 0.5) is 11.4 Å². The second-order valence-electron chi connectivity index (χ2n) is 5.97. The lowest BCUT2D eigenvalue weighted by Crippen LogP contribution is -2.18. The number of phenols is 1. The number of para-hydroxylation sites is 1. The number of benzene rings is 3. The third kappa shape index (κ3) is 4.45. The van der Waals surface area contributed by atoms with E-state index in [0.29, 0.717) is 5.69 Å². The van der Waals surface area contributed by atoms with Gasteiger partial charge in [-0.05, 0) is 43.3 Å². The van der Waals surface area contributed by atoms with Crippen LogP contribution in [-0.2, 0) is 10.0 Å². The summed E-state index contributed by atoms with van der Waals surface area (Å²) < 4.78 is 27.5. The van der Waals surface area contributed by atoms with Gasteiger partial charge in [0.15, 0.2) is 0 Å². The molecule has 7 heteroatoms. The molecular formula is C20H18N2O4S. The molecule has 0 heterocycles. The minimum absolute atomic E-state index is 0.101. The summed E-state index contributed by atoms with van der Waals surface area (Å²) in [5.41, 5.74) is 2.00. The first kappa shape index (κ1) is 18.5. The van der Waals surface area contributed by atoms with Crippen molar-refractivity contribution in [1.82, 2.24) is 0 Å². The number of nitrogens with one attached hydrogen (secondary N) is 2. The molecule has 1 amide bonds. The minimum Gasteiger partial charge on any atom is -0.508 e. The summed E-state index contributed by atoms with van der Waals surface area (Å²) >= 11 is 0. The van der Waals surface area contributed by atoms with E-state index < -0.39 is 15.9 Å². The molecule has 0 bridgehead atoms. The quantitative estimate of drug-likeness (QED) is 0.626. The Morgan fingerprint density at radius 1 is 0.926 bits per heavy atom. The van der Waals surface area contributed by atoms with Crippen LogP contribution in [0.3, 0.4) is 0 Å². The second kappa shape index (κ2) is 7.51. The molecule has 0 saturated heterocycles. The first-order valence-corrected chi connectivity index (χ1v) is 9.62. The smallest absolute Gasteiger partial charge is 0.262 e. The van der Waals surface area contributed by atoms with Crippen molar-refractivity contribution in [3.05, 3.63) is 83.9 Å². The van der Waals surface area contributed by atoms with Crippen LogP contribution in [0.1, 0.15) is 15.9 Å². The van der Waals surface area contributed by atoms with E-state index in [1.165, 1.54) is 30.3 Å². The Kier molecular flexibility index (Phi) is 5.14. The Bertz CT molecular complexity index is 1080. The molecule has 6 nitrogen and oxygen atoms in total. The molecule has 0 unspecified atom stereocenters. The third-order valence-corrected chi connectivity index (χ3v) is 5.22. The van der Waals surface area contributed by atoms with Gasteiger partial charge in [-0.3, -0.25) is 9.52 Å². The second-order valence-corrected chi connectivity index (χ2v) is 7.65. The van der Waals surface area contributed by atoms with Gasteiger partial charge in [-0.1, -0.05) is 35.9 Å². The number of anilines is 2. The fourth-order valence-electron chi connectivity index (χ4n) is 2.46. The molecule has 0 aromatic heterocycles. The Labute approximate surface area is 157 Å². The Balaban J connectivity index is 1.87. The van der Waals surface area contributed by atoms with E-state index in [1.54, 1.807) is 24.3 Å². The number of carbonyl (C=O) groups excluding carboxylic acids is 1. The third-order valence-electron chi connectivity index (χ3n) is 3.85. The summed E-state index contributed by atoms with van der Waals surface area (Å²) in [5.74, 6) is -0.601. The summed E-state index contributed by atoms with van der Waals surface area (Å²) in [4.78, 5) is 12.5. The van der Waals surface area contributed by atoms with Crippen molar-refractivity contribution < 1.29 is 18.3 Å². The zero-order chi connectivity index (χ0) is 19.4. The number of phenolic OH excluding ortho intramolecular Hbond substituents is 1. The predicted molar refractivity (Wildman–Crippen MR) is 104 cm³/mol. The number of amides is 1. The molecule has 0 atom stereocenters. The highest BCUT2D eigenvalue weighted by Gasteiger charge is 2.19. The topological polar surface area (TPSA) is 95.5 Å². The van der Waals surface area contributed by atoms with E-state index in [2.05, 4.69) is 10.0 Å². The van der Waals surface area contributed by atoms with Crippen LogP contribution in [-0.4, -0.2) is 19.4 Å². The molecule has 0 aliphatic rings. The van der Waals surface area contributed by atoms with Crippen LogP contribution in [0.25, 0.3) is 0 Å². The maximum Gasteiger partial charge on any atom is 0.262 e. The lowest BCUT2D eigenvalue weighted by molar-refractivity contribution is 0.102. The fourth-order valence-corrected chi connectivity index (χ4v) is 3.58. The molecule has 27 heavy (non-hydrogen) atoms. The van der Waals surface area contributed by atoms with Gasteiger partial charge >= 0.3 is 0 Å². The molecule has 138 valence electrons. The van der Waals surface area contributed by atoms with E-state index in [9.17, 15) is 18.3 Å². The van der Waals surface area contributed by atoms with Crippen molar-refractivity contribution in [2.24, 2.45) is 0 Å². The maximum absolute atomic E-state index is 12.6. The monoisotopic (exact) mass is 382 g/mol. The number of rotatable bonds is 5. The summed E-state index contributed by atoms with van der Waals surface area (Å²) in [6.07, 6.45) is 0. The van der Waals surface area contributed by atoms with Gasteiger partial charge in [0.25, 0.3) is 15.9 Å². The van der Waals surface area contributed by atoms with Gasteiger partial charge in [-0.25, -0.2) is 8.42 Å². The molecule has 3 N–H and O–H groups in total. The zero-order valence-corrected chi connectivity index (χ0v) is 15.3. The number of hydrogen-bond donors (Lipinski definition) is 3. The van der Waals surface area contributed by atoms with Gasteiger partial charge in [0.1, 0.15) is 5.75 Å². The molecule has 0 radical (unpaired) electrons. The van der Waals surface area contributed by atoms with E-state index in [-0.39, 0.29) is 21.9 Å². The highest BCUT2D eigenvalue weighted by molar-refractivity contribution is 7.92. The van der Waals surface area contributed by atoms with E-state index in [4.69, 9.17) is 0 Å². The molecule has 3 rings (SSSR count). The van der Waals surface area contributed by atoms with Gasteiger partial charge < -0.3 is 10.4 Å². The fraction of sp³-hybridized carbons (Fsp3) is 0.0500. The lowest BCUT2D eigenvalue weighted by Gasteiger charge is -2.13. The van der Waals surface area contributed by atoms with Gasteiger partial charge in [0.2, 0.25) is 0 Å². The van der Waals surface area contributed by atoms with Crippen molar-refractivity contribution in [1.29, 1.82) is 0 Å². The SMILES string of the molecule is Cc1ccc(NC(=O)c2ccccc2NS(=O)(=O)c2cccc(O)c2)cc1. The molecule has 3 aromatic carbocycles. The lowest BCUT2D eigenvalue weighted by atomic mass is 10.1. The highest BCUT2D eigenvalue weighted by Crippen LogP contribution is 2.23. The zero-order valence-electron chi connectivity index (χ0n) is 14.5. The maximum atomic E-state index is 12.6. The number of aryl methyl sites for hydroxylation is 1. The first-order chi connectivity index (χ1) is 12.8. The van der Waals surface area contributed by atoms with E-state index >= 15 is 0 Å². The van der Waals surface area contributed by atoms with Gasteiger partial charge in [-0.15, -0.1) is 0 Å². The molecule has 0 fully saturated rings. The molecule has 0 spiro atoms. The largest absolute Gasteiger partial charge is 0.508 e. The molecule has 0 aliphatic heterocycles. The van der Waals surface area contributed by atoms with Crippen LogP contribution in [0, 0.1) is 6.92 Å². The molecular weight excluding hydrogens is 364 g/mol. The first-order valence-electron chi connectivity index (χ1n) is 8.14. The summed E-state index contributed by atoms with van der Waals surface area (Å²) in [7, 11) is -3.96. The van der Waals surface area contributed by atoms with E-state index in [0.717, 1.165) is 11.6 Å². The van der Waals surface area contributed by atoms with Crippen molar-refractivity contribution in [2.45, 2.75) is 11.8 Å². The van der Waals surface area contributed by atoms with Gasteiger partial charge in [0, 0.05) is 11.8 Å². The average Bonchev–Trinajstić information content (AvgIpc) is 2.64. The van der Waals surface area contributed by atoms with Crippen LogP contribution in [0.5, 0.6) is 5.75 Å². The van der Waals surface area contributed by atoms with Crippen molar-refractivity contribution in [2.75, 3.05) is 10.0 Å². The molecule has 0 aliphatic carbocycles. The average molecular weight is 382 g/mol. The highest BCUT2D eigenvalue weighted by atomic mass is 32.2. The normalized spacial score (nSPS) is 11.0. The van der Waals surface area contributed by atoms with Crippen LogP contribution < -0.4 is 10.0 Å². The standard InChI is InChI=1S/C20H18N2O4S/c1-14-9-11-15(12-10-14)21-20(24)18-7-2-3-8-19(18)22-27(25,26)17-6-4-5-16(23)13-17/h2-13,22-23H,1H3,(H,21,24). The van der Waals surface area contributed by atoms with Crippen molar-refractivity contribution in [3.63, 3.8) is 0 Å². The number of aromatic hydroxyl groups is 1. The summed E-state index contributed by atoms with van der Waals surface area (Å²) in [6.45, 7) is 1.94. The number of carbonyl (C=O) groups is 1. The van der Waals surface area contributed by atoms with Gasteiger partial charge in [0.05, 0.1) is 16.1 Å². The van der Waals surface area contributed by atoms with E-state index in [1.807, 2.05) is 19.1 Å². The van der Waals surface area contributed by atoms with Gasteiger partial charge in [-0.2, -0.15) is 0 Å². The number of sulfonamides is 1. The van der Waals surface area contributed by atoms with Crippen LogP contribution in [0.15, 0.2) is 77.7 Å². The molecule has 3 aromatic rings.